The number of hydrogen-bond donors (Lipinski definition) is 0. The SMILES string of the molecule is CC/C=C\C/C=C\C/C=C\C/C=C\C/C=C\CCCCCCCCCCCCCCCCCCCCCC(=O)OC(COC(=O)CCCCCCCCCCCC)COC(OCC[N+](C)(C)C)C(=O)[O-]. The number of aliphatic carboxylic acids is 1. The number of nitrogens with zero attached hydrogens (tertiary/aromatic N) is 1. The standard InChI is InChI=1S/C61H109NO8/c1-6-8-10-12-14-16-18-19-20-21-22-23-24-25-26-27-28-29-30-31-32-33-34-35-36-37-38-39-40-41-42-44-46-48-50-52-59(64)70-57(56-69-61(60(65)66)67-54-53-62(3,4)5)55-68-58(63)51-49-47-45-43-17-15-13-11-9-7-2/h8,10,14,16,19-20,22-23,25-26,57,61H,6-7,9,11-13,15,17-18,21,24,27-56H2,1-5H3/b10-8-,16-14-,20-19-,23-22-,26-25-. The van der Waals surface area contributed by atoms with Crippen molar-refractivity contribution in [2.24, 2.45) is 0 Å². The van der Waals surface area contributed by atoms with Gasteiger partial charge in [0.15, 0.2) is 12.4 Å². The smallest absolute Gasteiger partial charge is 0.306 e. The highest BCUT2D eigenvalue weighted by molar-refractivity contribution is 5.70. The van der Waals surface area contributed by atoms with E-state index in [1.54, 1.807) is 0 Å². The number of carbonyl (C=O) groups is 3. The van der Waals surface area contributed by atoms with Gasteiger partial charge >= 0.3 is 11.9 Å². The summed E-state index contributed by atoms with van der Waals surface area (Å²) in [6, 6.07) is 0. The summed E-state index contributed by atoms with van der Waals surface area (Å²) in [5.74, 6) is -2.27. The van der Waals surface area contributed by atoms with Gasteiger partial charge in [-0.1, -0.05) is 242 Å². The molecule has 0 aromatic carbocycles. The van der Waals surface area contributed by atoms with E-state index < -0.39 is 24.3 Å². The van der Waals surface area contributed by atoms with Crippen LogP contribution in [0, 0.1) is 0 Å². The molecular formula is C61H109NO8. The Hall–Kier alpha value is -3.01. The Bertz CT molecular complexity index is 1330. The molecule has 2 unspecified atom stereocenters. The van der Waals surface area contributed by atoms with Gasteiger partial charge in [0.25, 0.3) is 0 Å². The van der Waals surface area contributed by atoms with Crippen molar-refractivity contribution < 1.29 is 42.9 Å². The van der Waals surface area contributed by atoms with E-state index in [1.807, 2.05) is 21.1 Å². The highest BCUT2D eigenvalue weighted by Gasteiger charge is 2.22. The first-order valence-electron chi connectivity index (χ1n) is 28.9. The molecule has 0 spiro atoms. The van der Waals surface area contributed by atoms with Crippen LogP contribution >= 0.6 is 0 Å². The maximum atomic E-state index is 12.8. The van der Waals surface area contributed by atoms with Gasteiger partial charge < -0.3 is 33.3 Å². The van der Waals surface area contributed by atoms with Crippen LogP contribution in [0.5, 0.6) is 0 Å². The lowest BCUT2D eigenvalue weighted by atomic mass is 10.0. The monoisotopic (exact) mass is 984 g/mol. The molecule has 0 aromatic rings. The third-order valence-corrected chi connectivity index (χ3v) is 12.5. The maximum Gasteiger partial charge on any atom is 0.306 e. The summed E-state index contributed by atoms with van der Waals surface area (Å²) >= 11 is 0. The Morgan fingerprint density at radius 1 is 0.443 bits per heavy atom. The van der Waals surface area contributed by atoms with Gasteiger partial charge in [0.2, 0.25) is 0 Å². The second-order valence-electron chi connectivity index (χ2n) is 20.6. The van der Waals surface area contributed by atoms with Crippen molar-refractivity contribution in [3.63, 3.8) is 0 Å². The zero-order valence-electron chi connectivity index (χ0n) is 46.1. The van der Waals surface area contributed by atoms with Crippen molar-refractivity contribution in [1.82, 2.24) is 0 Å². The van der Waals surface area contributed by atoms with Crippen LogP contribution in [0.25, 0.3) is 0 Å². The van der Waals surface area contributed by atoms with Gasteiger partial charge in [-0.3, -0.25) is 9.59 Å². The predicted octanol–water partition coefficient (Wildman–Crippen LogP) is 15.5. The van der Waals surface area contributed by atoms with Crippen molar-refractivity contribution in [1.29, 1.82) is 0 Å². The molecule has 0 N–H and O–H groups in total. The van der Waals surface area contributed by atoms with Gasteiger partial charge in [-0.2, -0.15) is 0 Å². The van der Waals surface area contributed by atoms with Crippen LogP contribution in [0.2, 0.25) is 0 Å². The Balaban J connectivity index is 4.00. The fourth-order valence-corrected chi connectivity index (χ4v) is 8.09. The second-order valence-corrected chi connectivity index (χ2v) is 20.6. The maximum absolute atomic E-state index is 12.8. The van der Waals surface area contributed by atoms with E-state index in [9.17, 15) is 19.5 Å². The molecule has 2 atom stereocenters. The number of carboxylic acid groups (broad SMARTS) is 1. The van der Waals surface area contributed by atoms with E-state index in [0.29, 0.717) is 23.9 Å². The van der Waals surface area contributed by atoms with E-state index in [1.165, 1.54) is 154 Å². The Morgan fingerprint density at radius 3 is 1.21 bits per heavy atom. The number of allylic oxidation sites excluding steroid dienone is 10. The van der Waals surface area contributed by atoms with Gasteiger partial charge in [-0.25, -0.2) is 0 Å². The zero-order valence-corrected chi connectivity index (χ0v) is 46.1. The molecule has 70 heavy (non-hydrogen) atoms. The molecule has 0 amide bonds. The van der Waals surface area contributed by atoms with Crippen LogP contribution < -0.4 is 5.11 Å². The fraction of sp³-hybridized carbons (Fsp3) is 0.787. The number of unbranched alkanes of at least 4 members (excludes halogenated alkanes) is 28. The van der Waals surface area contributed by atoms with Crippen LogP contribution in [-0.4, -0.2) is 82.3 Å². The molecule has 0 aliphatic rings. The summed E-state index contributed by atoms with van der Waals surface area (Å²) in [6.07, 6.45) is 62.9. The highest BCUT2D eigenvalue weighted by atomic mass is 16.7. The van der Waals surface area contributed by atoms with Crippen LogP contribution in [0.3, 0.4) is 0 Å². The lowest BCUT2D eigenvalue weighted by molar-refractivity contribution is -0.870. The van der Waals surface area contributed by atoms with E-state index >= 15 is 0 Å². The molecule has 406 valence electrons. The summed E-state index contributed by atoms with van der Waals surface area (Å²) in [5.41, 5.74) is 0. The van der Waals surface area contributed by atoms with Gasteiger partial charge in [-0.05, 0) is 57.8 Å². The number of esters is 2. The average molecular weight is 985 g/mol. The summed E-state index contributed by atoms with van der Waals surface area (Å²) in [5, 5.41) is 11.7. The molecule has 0 aromatic heterocycles. The summed E-state index contributed by atoms with van der Waals surface area (Å²) in [7, 11) is 5.92. The van der Waals surface area contributed by atoms with Crippen molar-refractivity contribution in [2.45, 2.75) is 264 Å². The van der Waals surface area contributed by atoms with Crippen molar-refractivity contribution in [3.8, 4) is 0 Å². The number of carbonyl (C=O) groups excluding carboxylic acids is 3. The third-order valence-electron chi connectivity index (χ3n) is 12.5. The van der Waals surface area contributed by atoms with Crippen LogP contribution in [-0.2, 0) is 33.3 Å². The lowest BCUT2D eigenvalue weighted by Crippen LogP contribution is -2.44. The summed E-state index contributed by atoms with van der Waals surface area (Å²) in [4.78, 5) is 37.1. The van der Waals surface area contributed by atoms with Gasteiger partial charge in [-0.15, -0.1) is 0 Å². The fourth-order valence-electron chi connectivity index (χ4n) is 8.09. The van der Waals surface area contributed by atoms with E-state index in [4.69, 9.17) is 18.9 Å². The number of rotatable bonds is 53. The molecule has 0 heterocycles. The van der Waals surface area contributed by atoms with E-state index in [2.05, 4.69) is 74.6 Å². The molecule has 0 saturated heterocycles. The van der Waals surface area contributed by atoms with Gasteiger partial charge in [0, 0.05) is 12.8 Å². The number of carboxylic acids is 1. The van der Waals surface area contributed by atoms with Gasteiger partial charge in [0.1, 0.15) is 13.2 Å². The third kappa shape index (κ3) is 52.8. The van der Waals surface area contributed by atoms with Crippen LogP contribution in [0.15, 0.2) is 60.8 Å². The summed E-state index contributed by atoms with van der Waals surface area (Å²) in [6.45, 7) is 4.63. The first-order chi connectivity index (χ1) is 34.1. The molecule has 0 aliphatic heterocycles. The lowest BCUT2D eigenvalue weighted by Gasteiger charge is -2.26. The summed E-state index contributed by atoms with van der Waals surface area (Å²) < 4.78 is 22.6. The largest absolute Gasteiger partial charge is 0.545 e. The first kappa shape index (κ1) is 67.0. The molecule has 0 fully saturated rings. The number of likely N-dealkylation sites (N-methyl/N-ethyl adjacent to an activating group) is 1. The van der Waals surface area contributed by atoms with Crippen molar-refractivity contribution in [3.05, 3.63) is 60.8 Å². The van der Waals surface area contributed by atoms with E-state index in [0.717, 1.165) is 64.2 Å². The predicted molar refractivity (Wildman–Crippen MR) is 292 cm³/mol. The number of ether oxygens (including phenoxy) is 4. The van der Waals surface area contributed by atoms with Crippen molar-refractivity contribution in [2.75, 3.05) is 47.5 Å². The van der Waals surface area contributed by atoms with Crippen LogP contribution in [0.1, 0.15) is 251 Å². The highest BCUT2D eigenvalue weighted by Crippen LogP contribution is 2.17. The minimum Gasteiger partial charge on any atom is -0.545 e. The first-order valence-corrected chi connectivity index (χ1v) is 28.9. The molecule has 0 saturated carbocycles. The number of quaternary nitrogens is 1. The van der Waals surface area contributed by atoms with Crippen LogP contribution in [0.4, 0.5) is 0 Å². The molecule has 0 rings (SSSR count). The molecule has 0 bridgehead atoms. The molecule has 0 radical (unpaired) electrons. The molecule has 0 aliphatic carbocycles. The van der Waals surface area contributed by atoms with E-state index in [-0.39, 0.29) is 32.2 Å². The second kappa shape index (κ2) is 52.3. The normalized spacial score (nSPS) is 13.2. The van der Waals surface area contributed by atoms with Crippen molar-refractivity contribution >= 4 is 17.9 Å². The minimum absolute atomic E-state index is 0.149. The molecule has 9 nitrogen and oxygen atoms in total. The number of hydrogen-bond acceptors (Lipinski definition) is 8. The Labute approximate surface area is 431 Å². The Kier molecular flexibility index (Phi) is 50.1. The zero-order chi connectivity index (χ0) is 51.3. The average Bonchev–Trinajstić information content (AvgIpc) is 3.33. The van der Waals surface area contributed by atoms with Gasteiger partial charge in [0.05, 0.1) is 40.3 Å². The topological polar surface area (TPSA) is 111 Å². The quantitative estimate of drug-likeness (QED) is 0.0195. The molecule has 9 heteroatoms. The molecular weight excluding hydrogens is 875 g/mol. The Morgan fingerprint density at radius 2 is 0.814 bits per heavy atom. The minimum atomic E-state index is -1.62.